The van der Waals surface area contributed by atoms with Crippen LogP contribution in [-0.4, -0.2) is 0 Å². The van der Waals surface area contributed by atoms with Crippen molar-refractivity contribution in [3.8, 4) is 11.1 Å². The second-order valence-corrected chi connectivity index (χ2v) is 19.5. The summed E-state index contributed by atoms with van der Waals surface area (Å²) >= 11 is -0.912. The predicted molar refractivity (Wildman–Crippen MR) is 158 cm³/mol. The SMILES string of the molecule is CC(C)(C)c1ccc2c(c1)-c1cc(C(C)(C)C)c[c]([Zr+2][C]3=CC(C)(C45CC6CC(CC(C6)C4)C5)C=C3)c1C2.[Cl-].[Cl-]. The molecule has 6 aliphatic rings. The molecule has 4 fully saturated rings. The van der Waals surface area contributed by atoms with Gasteiger partial charge in [0, 0.05) is 0 Å². The molecule has 8 rings (SSSR count). The van der Waals surface area contributed by atoms with Gasteiger partial charge in [-0.15, -0.1) is 0 Å². The third-order valence-electron chi connectivity index (χ3n) is 11.3. The maximum atomic E-state index is 2.81. The Morgan fingerprint density at radius 3 is 1.90 bits per heavy atom. The van der Waals surface area contributed by atoms with Crippen LogP contribution in [0.15, 0.2) is 51.8 Å². The molecular formula is C37H46Cl2Zr. The van der Waals surface area contributed by atoms with Gasteiger partial charge in [-0.25, -0.2) is 0 Å². The molecule has 0 radical (unpaired) electrons. The van der Waals surface area contributed by atoms with Crippen LogP contribution in [0.1, 0.15) is 109 Å². The molecule has 0 N–H and O–H groups in total. The maximum absolute atomic E-state index is 2.81. The smallest absolute Gasteiger partial charge is 1.00 e. The van der Waals surface area contributed by atoms with E-state index in [1.807, 2.05) is 0 Å². The van der Waals surface area contributed by atoms with Gasteiger partial charge in [0.2, 0.25) is 0 Å². The molecule has 2 aromatic carbocycles. The molecule has 0 aromatic heterocycles. The zero-order valence-electron chi connectivity index (χ0n) is 25.6. The van der Waals surface area contributed by atoms with Crippen molar-refractivity contribution in [2.24, 2.45) is 28.6 Å². The summed E-state index contributed by atoms with van der Waals surface area (Å²) in [6.45, 7) is 16.8. The molecule has 0 heterocycles. The van der Waals surface area contributed by atoms with Crippen molar-refractivity contribution in [2.45, 2.75) is 104 Å². The Morgan fingerprint density at radius 1 is 0.750 bits per heavy atom. The average Bonchev–Trinajstić information content (AvgIpc) is 3.38. The molecule has 0 spiro atoms. The fourth-order valence-electron chi connectivity index (χ4n) is 9.30. The van der Waals surface area contributed by atoms with Crippen molar-refractivity contribution in [1.29, 1.82) is 0 Å². The molecule has 6 aliphatic carbocycles. The van der Waals surface area contributed by atoms with Crippen LogP contribution in [-0.2, 0) is 40.5 Å². The van der Waals surface area contributed by atoms with Gasteiger partial charge in [0.1, 0.15) is 0 Å². The largest absolute Gasteiger partial charge is 1.00 e. The van der Waals surface area contributed by atoms with Crippen LogP contribution < -0.4 is 28.1 Å². The quantitative estimate of drug-likeness (QED) is 0.408. The van der Waals surface area contributed by atoms with Crippen LogP contribution in [0, 0.1) is 28.6 Å². The van der Waals surface area contributed by atoms with Crippen LogP contribution in [0.5, 0.6) is 0 Å². The Balaban J connectivity index is 0.00000161. The van der Waals surface area contributed by atoms with Crippen molar-refractivity contribution >= 4 is 3.27 Å². The summed E-state index contributed by atoms with van der Waals surface area (Å²) in [7, 11) is 0. The second kappa shape index (κ2) is 10.2. The Morgan fingerprint density at radius 2 is 1.32 bits per heavy atom. The minimum atomic E-state index is -0.912. The van der Waals surface area contributed by atoms with E-state index in [0.717, 1.165) is 24.2 Å². The summed E-state index contributed by atoms with van der Waals surface area (Å²) in [6.07, 6.45) is 18.3. The van der Waals surface area contributed by atoms with Gasteiger partial charge < -0.3 is 24.8 Å². The third kappa shape index (κ3) is 5.01. The van der Waals surface area contributed by atoms with Crippen molar-refractivity contribution < 1.29 is 48.0 Å². The van der Waals surface area contributed by atoms with E-state index in [1.165, 1.54) is 60.8 Å². The van der Waals surface area contributed by atoms with Gasteiger partial charge in [0.15, 0.2) is 0 Å². The van der Waals surface area contributed by atoms with Crippen LogP contribution in [0.4, 0.5) is 0 Å². The van der Waals surface area contributed by atoms with E-state index in [4.69, 9.17) is 0 Å². The summed E-state index contributed by atoms with van der Waals surface area (Å²) in [5.74, 6) is 3.06. The van der Waals surface area contributed by atoms with Gasteiger partial charge in [-0.2, -0.15) is 0 Å². The Kier molecular flexibility index (Phi) is 7.89. The number of hydrogen-bond donors (Lipinski definition) is 0. The van der Waals surface area contributed by atoms with E-state index in [0.29, 0.717) is 5.41 Å². The van der Waals surface area contributed by atoms with E-state index >= 15 is 0 Å². The Bertz CT molecular complexity index is 1350. The summed E-state index contributed by atoms with van der Waals surface area (Å²) in [5.41, 5.74) is 10.4. The van der Waals surface area contributed by atoms with Gasteiger partial charge in [-0.05, 0) is 0 Å². The van der Waals surface area contributed by atoms with Crippen molar-refractivity contribution in [3.63, 3.8) is 0 Å². The Hall–Kier alpha value is -0.617. The van der Waals surface area contributed by atoms with Crippen molar-refractivity contribution in [2.75, 3.05) is 0 Å². The van der Waals surface area contributed by atoms with Crippen molar-refractivity contribution in [3.05, 3.63) is 74.1 Å². The fraction of sp³-hybridized carbons (Fsp3) is 0.568. The molecular weight excluding hydrogens is 607 g/mol. The number of halogens is 2. The summed E-state index contributed by atoms with van der Waals surface area (Å²) in [6, 6.07) is 12.5. The van der Waals surface area contributed by atoms with Gasteiger partial charge in [0.05, 0.1) is 0 Å². The average molecular weight is 653 g/mol. The Labute approximate surface area is 267 Å². The number of rotatable bonds is 3. The molecule has 0 saturated heterocycles. The van der Waals surface area contributed by atoms with Gasteiger partial charge >= 0.3 is 245 Å². The molecule has 4 bridgehead atoms. The number of allylic oxidation sites excluding steroid dienone is 4. The minimum absolute atomic E-state index is 0. The number of fused-ring (bicyclic) bond motifs is 3. The van der Waals surface area contributed by atoms with E-state index in [-0.39, 0.29) is 41.1 Å². The first-order valence-corrected chi connectivity index (χ1v) is 17.8. The number of hydrogen-bond acceptors (Lipinski definition) is 0. The second-order valence-electron chi connectivity index (χ2n) is 16.1. The van der Waals surface area contributed by atoms with Crippen LogP contribution >= 0.6 is 0 Å². The van der Waals surface area contributed by atoms with Crippen LogP contribution in [0.3, 0.4) is 0 Å². The molecule has 0 nitrogen and oxygen atoms in total. The van der Waals surface area contributed by atoms with Gasteiger partial charge in [-0.1, -0.05) is 0 Å². The molecule has 4 saturated carbocycles. The maximum Gasteiger partial charge on any atom is -1.00 e. The molecule has 0 aliphatic heterocycles. The molecule has 1 atom stereocenters. The minimum Gasteiger partial charge on any atom is -1.00 e. The molecule has 40 heavy (non-hydrogen) atoms. The van der Waals surface area contributed by atoms with Gasteiger partial charge in [-0.3, -0.25) is 0 Å². The van der Waals surface area contributed by atoms with Crippen molar-refractivity contribution in [1.82, 2.24) is 0 Å². The molecule has 2 aromatic rings. The molecule has 212 valence electrons. The first kappa shape index (κ1) is 30.8. The first-order valence-electron chi connectivity index (χ1n) is 15.3. The van der Waals surface area contributed by atoms with Gasteiger partial charge in [0.25, 0.3) is 0 Å². The molecule has 1 unspecified atom stereocenters. The van der Waals surface area contributed by atoms with Crippen LogP contribution in [0.25, 0.3) is 11.1 Å². The third-order valence-corrected chi connectivity index (χ3v) is 14.5. The monoisotopic (exact) mass is 650 g/mol. The summed E-state index contributed by atoms with van der Waals surface area (Å²) in [5, 5.41) is 0. The standard InChI is InChI=1S/C21H25.C16H21.2ClH.Zr/c1-20(2,3)16-9-7-14-11-15-8-10-17(21(4,5)6)13-19(15)18(14)12-16;1-15(4-2-3-5-15)16-9-12-6-13(10-16)8-14(7-12)11-16;;;/h7,9-10,12-13H,11H2,1-6H3;2,4-5,12-14H,6-11H2,1H3;2*1H;/q;;;;+2/p-2. The summed E-state index contributed by atoms with van der Waals surface area (Å²) in [4.78, 5) is 0. The van der Waals surface area contributed by atoms with E-state index < -0.39 is 23.2 Å². The topological polar surface area (TPSA) is 0 Å². The van der Waals surface area contributed by atoms with E-state index in [2.05, 4.69) is 97.0 Å². The predicted octanol–water partition coefficient (Wildman–Crippen LogP) is 3.25. The number of benzene rings is 2. The fourth-order valence-corrected chi connectivity index (χ4v) is 12.9. The van der Waals surface area contributed by atoms with E-state index in [9.17, 15) is 0 Å². The normalized spacial score (nSPS) is 31.2. The zero-order valence-corrected chi connectivity index (χ0v) is 29.5. The molecule has 3 heteroatoms. The summed E-state index contributed by atoms with van der Waals surface area (Å²) < 4.78 is 3.46. The van der Waals surface area contributed by atoms with Crippen LogP contribution in [0.2, 0.25) is 0 Å². The molecule has 0 amide bonds. The van der Waals surface area contributed by atoms with E-state index in [1.54, 1.807) is 17.7 Å². The first-order chi connectivity index (χ1) is 17.8. The zero-order chi connectivity index (χ0) is 26.7.